The lowest BCUT2D eigenvalue weighted by Crippen LogP contribution is -2.50. The molecule has 25 heavy (non-hydrogen) atoms. The molecule has 5 aliphatic rings. The van der Waals surface area contributed by atoms with Crippen LogP contribution in [0.5, 0.6) is 0 Å². The smallest absolute Gasteiger partial charge is 0.0594 e. The number of rotatable bonds is 5. The number of likely N-dealkylation sites (tertiary alicyclic amines) is 1. The van der Waals surface area contributed by atoms with Crippen molar-refractivity contribution in [3.8, 4) is 0 Å². The summed E-state index contributed by atoms with van der Waals surface area (Å²) in [7, 11) is 0. The molecule has 0 aromatic heterocycles. The van der Waals surface area contributed by atoms with E-state index >= 15 is 0 Å². The third-order valence-corrected chi connectivity index (χ3v) is 8.30. The highest BCUT2D eigenvalue weighted by atomic mass is 16.5. The number of morpholine rings is 1. The molecular weight excluding hydrogens is 310 g/mol. The van der Waals surface area contributed by atoms with E-state index in [-0.39, 0.29) is 0 Å². The molecule has 0 amide bonds. The quantitative estimate of drug-likeness (QED) is 0.825. The molecule has 142 valence electrons. The summed E-state index contributed by atoms with van der Waals surface area (Å²) in [5.74, 6) is 4.36. The average molecular weight is 348 g/mol. The van der Waals surface area contributed by atoms with E-state index in [0.29, 0.717) is 0 Å². The molecule has 2 aliphatic heterocycles. The summed E-state index contributed by atoms with van der Waals surface area (Å²) in [6, 6.07) is 1.66. The van der Waals surface area contributed by atoms with Crippen molar-refractivity contribution in [3.63, 3.8) is 0 Å². The molecule has 2 saturated heterocycles. The van der Waals surface area contributed by atoms with Crippen molar-refractivity contribution in [2.24, 2.45) is 23.7 Å². The van der Waals surface area contributed by atoms with Crippen molar-refractivity contribution in [1.29, 1.82) is 0 Å². The predicted molar refractivity (Wildman–Crippen MR) is 101 cm³/mol. The van der Waals surface area contributed by atoms with Crippen molar-refractivity contribution < 1.29 is 4.74 Å². The highest BCUT2D eigenvalue weighted by Gasteiger charge is 2.53. The highest BCUT2D eigenvalue weighted by molar-refractivity contribution is 5.06. The van der Waals surface area contributed by atoms with Gasteiger partial charge in [0.1, 0.15) is 0 Å². The minimum absolute atomic E-state index is 0.795. The van der Waals surface area contributed by atoms with Gasteiger partial charge in [0, 0.05) is 38.3 Å². The van der Waals surface area contributed by atoms with Crippen LogP contribution >= 0.6 is 0 Å². The zero-order valence-corrected chi connectivity index (χ0v) is 15.9. The summed E-state index contributed by atoms with van der Waals surface area (Å²) in [6.45, 7) is 9.20. The van der Waals surface area contributed by atoms with Gasteiger partial charge in [-0.05, 0) is 75.3 Å². The number of hydrogen-bond donors (Lipinski definition) is 1. The Labute approximate surface area is 153 Å². The number of nitrogens with one attached hydrogen (secondary N) is 1. The van der Waals surface area contributed by atoms with Gasteiger partial charge in [-0.25, -0.2) is 0 Å². The Bertz CT molecular complexity index is 444. The molecule has 4 nitrogen and oxygen atoms in total. The lowest BCUT2D eigenvalue weighted by molar-refractivity contribution is 0.0316. The first-order chi connectivity index (χ1) is 12.4. The summed E-state index contributed by atoms with van der Waals surface area (Å²) in [6.07, 6.45) is 10.4. The topological polar surface area (TPSA) is 27.7 Å². The summed E-state index contributed by atoms with van der Waals surface area (Å²) in [5, 5.41) is 4.13. The molecule has 0 unspecified atom stereocenters. The number of nitrogens with zero attached hydrogens (tertiary/aromatic N) is 2. The Morgan fingerprint density at radius 3 is 2.28 bits per heavy atom. The standard InChI is InChI=1S/C21H37N3O/c1-2-18-16-14-20(19(18)3-1)21(15-16)22-17-4-6-23(7-5-17)8-9-24-10-12-25-13-11-24/h16-22H,1-15H2/t16-,18-,19+,20+,21-/m1/s1. The van der Waals surface area contributed by atoms with Gasteiger partial charge in [0.2, 0.25) is 0 Å². The van der Waals surface area contributed by atoms with Gasteiger partial charge in [-0.15, -0.1) is 0 Å². The average Bonchev–Trinajstić information content (AvgIpc) is 3.35. The SMILES string of the molecule is C1C[C@H]2[C@H](C1)[C@@H]1C[C@@H]2[C@H](NC2CCN(CCN3CCOCC3)CC2)C1. The molecule has 0 radical (unpaired) electrons. The van der Waals surface area contributed by atoms with E-state index in [1.807, 2.05) is 0 Å². The number of ether oxygens (including phenoxy) is 1. The predicted octanol–water partition coefficient (Wildman–Crippen LogP) is 2.20. The molecule has 5 fully saturated rings. The molecule has 1 N–H and O–H groups in total. The number of fused-ring (bicyclic) bond motifs is 5. The first kappa shape index (κ1) is 17.0. The molecule has 2 heterocycles. The second kappa shape index (κ2) is 7.46. The van der Waals surface area contributed by atoms with Crippen LogP contribution in [0.3, 0.4) is 0 Å². The van der Waals surface area contributed by atoms with Crippen molar-refractivity contribution >= 4 is 0 Å². The Kier molecular flexibility index (Phi) is 5.06. The van der Waals surface area contributed by atoms with E-state index in [0.717, 1.165) is 62.1 Å². The number of hydrogen-bond acceptors (Lipinski definition) is 4. The van der Waals surface area contributed by atoms with E-state index in [9.17, 15) is 0 Å². The Hall–Kier alpha value is -0.160. The Balaban J connectivity index is 1.04. The third kappa shape index (κ3) is 3.52. The van der Waals surface area contributed by atoms with Gasteiger partial charge in [0.25, 0.3) is 0 Å². The summed E-state index contributed by atoms with van der Waals surface area (Å²) < 4.78 is 5.45. The van der Waals surface area contributed by atoms with Gasteiger partial charge < -0.3 is 15.0 Å². The van der Waals surface area contributed by atoms with Crippen LogP contribution in [0.25, 0.3) is 0 Å². The molecule has 5 atom stereocenters. The monoisotopic (exact) mass is 347 g/mol. The summed E-state index contributed by atoms with van der Waals surface area (Å²) in [4.78, 5) is 5.27. The fourth-order valence-electron chi connectivity index (χ4n) is 6.99. The highest BCUT2D eigenvalue weighted by Crippen LogP contribution is 2.58. The van der Waals surface area contributed by atoms with E-state index in [1.165, 1.54) is 51.9 Å². The third-order valence-electron chi connectivity index (χ3n) is 8.30. The van der Waals surface area contributed by atoms with Crippen molar-refractivity contribution in [2.75, 3.05) is 52.5 Å². The van der Waals surface area contributed by atoms with Crippen LogP contribution in [0.2, 0.25) is 0 Å². The zero-order chi connectivity index (χ0) is 16.6. The van der Waals surface area contributed by atoms with Gasteiger partial charge in [-0.2, -0.15) is 0 Å². The molecule has 4 heteroatoms. The fourth-order valence-corrected chi connectivity index (χ4v) is 6.99. The van der Waals surface area contributed by atoms with Gasteiger partial charge in [-0.1, -0.05) is 6.42 Å². The second-order valence-electron chi connectivity index (χ2n) is 9.50. The van der Waals surface area contributed by atoms with Gasteiger partial charge in [0.15, 0.2) is 0 Å². The van der Waals surface area contributed by atoms with Gasteiger partial charge in [0.05, 0.1) is 13.2 Å². The number of piperidine rings is 1. The van der Waals surface area contributed by atoms with Crippen LogP contribution in [0, 0.1) is 23.7 Å². The first-order valence-electron chi connectivity index (χ1n) is 11.2. The zero-order valence-electron chi connectivity index (χ0n) is 15.9. The Morgan fingerprint density at radius 2 is 1.48 bits per heavy atom. The molecule has 0 aromatic rings. The van der Waals surface area contributed by atoms with Gasteiger partial charge in [-0.3, -0.25) is 4.90 Å². The van der Waals surface area contributed by atoms with Gasteiger partial charge >= 0.3 is 0 Å². The first-order valence-corrected chi connectivity index (χ1v) is 11.2. The normalized spacial score (nSPS) is 43.0. The lowest BCUT2D eigenvalue weighted by Gasteiger charge is -2.39. The maximum Gasteiger partial charge on any atom is 0.0594 e. The molecule has 3 saturated carbocycles. The molecule has 2 bridgehead atoms. The van der Waals surface area contributed by atoms with E-state index in [2.05, 4.69) is 15.1 Å². The van der Waals surface area contributed by atoms with Crippen LogP contribution in [0.1, 0.15) is 44.9 Å². The van der Waals surface area contributed by atoms with Crippen molar-refractivity contribution in [2.45, 2.75) is 57.0 Å². The molecule has 5 rings (SSSR count). The molecule has 3 aliphatic carbocycles. The van der Waals surface area contributed by atoms with Crippen LogP contribution in [-0.4, -0.2) is 74.4 Å². The van der Waals surface area contributed by atoms with Crippen molar-refractivity contribution in [1.82, 2.24) is 15.1 Å². The molecule has 0 spiro atoms. The van der Waals surface area contributed by atoms with Crippen LogP contribution < -0.4 is 5.32 Å². The lowest BCUT2D eigenvalue weighted by atomic mass is 9.78. The van der Waals surface area contributed by atoms with Crippen LogP contribution in [0.15, 0.2) is 0 Å². The molecule has 0 aromatic carbocycles. The van der Waals surface area contributed by atoms with Crippen LogP contribution in [0.4, 0.5) is 0 Å². The summed E-state index contributed by atoms with van der Waals surface area (Å²) >= 11 is 0. The minimum Gasteiger partial charge on any atom is -0.379 e. The summed E-state index contributed by atoms with van der Waals surface area (Å²) in [5.41, 5.74) is 0. The van der Waals surface area contributed by atoms with Crippen LogP contribution in [-0.2, 0) is 4.74 Å². The molecular formula is C21H37N3O. The second-order valence-corrected chi connectivity index (χ2v) is 9.50. The van der Waals surface area contributed by atoms with E-state index in [1.54, 1.807) is 19.3 Å². The van der Waals surface area contributed by atoms with E-state index < -0.39 is 0 Å². The fraction of sp³-hybridized carbons (Fsp3) is 1.00. The van der Waals surface area contributed by atoms with E-state index in [4.69, 9.17) is 4.74 Å². The Morgan fingerprint density at radius 1 is 0.760 bits per heavy atom. The largest absolute Gasteiger partial charge is 0.379 e. The minimum atomic E-state index is 0.795. The maximum atomic E-state index is 5.45. The maximum absolute atomic E-state index is 5.45. The van der Waals surface area contributed by atoms with Crippen molar-refractivity contribution in [3.05, 3.63) is 0 Å².